The van der Waals surface area contributed by atoms with Gasteiger partial charge in [-0.2, -0.15) is 0 Å². The third-order valence-corrected chi connectivity index (χ3v) is 9.28. The van der Waals surface area contributed by atoms with Crippen LogP contribution in [0.25, 0.3) is 0 Å². The van der Waals surface area contributed by atoms with Crippen molar-refractivity contribution >= 4 is 29.5 Å². The van der Waals surface area contributed by atoms with Crippen molar-refractivity contribution in [3.05, 3.63) is 25.3 Å². The highest BCUT2D eigenvalue weighted by Gasteiger charge is 2.74. The lowest BCUT2D eigenvalue weighted by Crippen LogP contribution is -2.57. The molecule has 3 aliphatic rings. The smallest absolute Gasteiger partial charge is 0.310 e. The first-order valence-corrected chi connectivity index (χ1v) is 13.1. The molecule has 3 fully saturated rings. The molecule has 1 N–H and O–H groups in total. The molecule has 3 heterocycles. The SMILES string of the molecule is C=CCCOC(=O)[C@@H]1[C@@H]2CCC3(S2)C(C(=O)N(CC=C)CCCC)N([C@@H](CC)CO)C(=O)[C@H]13. The number of hydrogen-bond donors (Lipinski definition) is 1. The van der Waals surface area contributed by atoms with Crippen molar-refractivity contribution < 1.29 is 24.2 Å². The minimum Gasteiger partial charge on any atom is -0.465 e. The molecule has 0 aromatic carbocycles. The van der Waals surface area contributed by atoms with Gasteiger partial charge in [0.1, 0.15) is 6.04 Å². The van der Waals surface area contributed by atoms with Gasteiger partial charge in [-0.05, 0) is 32.1 Å². The van der Waals surface area contributed by atoms with E-state index in [4.69, 9.17) is 4.74 Å². The molecule has 0 radical (unpaired) electrons. The first kappa shape index (κ1) is 25.8. The van der Waals surface area contributed by atoms with Crippen LogP contribution in [0, 0.1) is 11.8 Å². The molecule has 184 valence electrons. The van der Waals surface area contributed by atoms with E-state index >= 15 is 0 Å². The molecule has 33 heavy (non-hydrogen) atoms. The number of nitrogens with zero attached hydrogens (tertiary/aromatic N) is 2. The number of hydrogen-bond acceptors (Lipinski definition) is 6. The average Bonchev–Trinajstić information content (AvgIpc) is 3.45. The van der Waals surface area contributed by atoms with Crippen molar-refractivity contribution in [1.82, 2.24) is 9.80 Å². The lowest BCUT2D eigenvalue weighted by Gasteiger charge is -2.39. The molecule has 0 aliphatic carbocycles. The maximum absolute atomic E-state index is 14.0. The zero-order valence-electron chi connectivity index (χ0n) is 19.9. The molecule has 2 amide bonds. The Bertz CT molecular complexity index is 770. The van der Waals surface area contributed by atoms with Crippen LogP contribution in [-0.4, -0.2) is 81.1 Å². The maximum Gasteiger partial charge on any atom is 0.310 e. The van der Waals surface area contributed by atoms with Gasteiger partial charge in [-0.3, -0.25) is 14.4 Å². The molecule has 2 bridgehead atoms. The predicted molar refractivity (Wildman–Crippen MR) is 130 cm³/mol. The standard InChI is InChI=1S/C25H38N2O5S/c1-5-9-14-26(13-7-3)23(30)21-25-12-11-18(33-25)19(24(31)32-15-10-6-2)20(25)22(29)27(21)17(8-4)16-28/h6-7,17-21,28H,2-3,5,8-16H2,1,4H3/t17-,18-,19+,20-,21?,25?/m0/s1. The van der Waals surface area contributed by atoms with Crippen LogP contribution in [0.4, 0.5) is 0 Å². The van der Waals surface area contributed by atoms with Gasteiger partial charge in [0.2, 0.25) is 11.8 Å². The molecule has 8 heteroatoms. The van der Waals surface area contributed by atoms with Gasteiger partial charge in [-0.1, -0.05) is 32.4 Å². The fourth-order valence-corrected chi connectivity index (χ4v) is 7.94. The maximum atomic E-state index is 14.0. The summed E-state index contributed by atoms with van der Waals surface area (Å²) >= 11 is 1.63. The van der Waals surface area contributed by atoms with Crippen LogP contribution in [0.3, 0.4) is 0 Å². The van der Waals surface area contributed by atoms with Crippen LogP contribution in [0.1, 0.15) is 52.4 Å². The van der Waals surface area contributed by atoms with Crippen LogP contribution < -0.4 is 0 Å². The van der Waals surface area contributed by atoms with E-state index in [2.05, 4.69) is 20.1 Å². The number of unbranched alkanes of at least 4 members (excludes halogenated alkanes) is 1. The molecule has 3 saturated heterocycles. The number of amides is 2. The van der Waals surface area contributed by atoms with Gasteiger partial charge in [0, 0.05) is 18.3 Å². The summed E-state index contributed by atoms with van der Waals surface area (Å²) in [7, 11) is 0. The lowest BCUT2D eigenvalue weighted by molar-refractivity contribution is -0.154. The summed E-state index contributed by atoms with van der Waals surface area (Å²) in [5, 5.41) is 10.1. The molecule has 0 aromatic heterocycles. The molecule has 7 nitrogen and oxygen atoms in total. The topological polar surface area (TPSA) is 87.2 Å². The van der Waals surface area contributed by atoms with Crippen molar-refractivity contribution in [3.8, 4) is 0 Å². The van der Waals surface area contributed by atoms with E-state index in [-0.39, 0.29) is 36.2 Å². The molecular weight excluding hydrogens is 440 g/mol. The van der Waals surface area contributed by atoms with Crippen LogP contribution in [0.2, 0.25) is 0 Å². The van der Waals surface area contributed by atoms with E-state index in [1.807, 2.05) is 6.92 Å². The Morgan fingerprint density at radius 3 is 2.73 bits per heavy atom. The molecule has 1 spiro atoms. The molecule has 3 aliphatic heterocycles. The van der Waals surface area contributed by atoms with E-state index in [1.54, 1.807) is 33.7 Å². The van der Waals surface area contributed by atoms with Crippen molar-refractivity contribution in [2.45, 2.75) is 74.5 Å². The third-order valence-electron chi connectivity index (χ3n) is 7.33. The number of aliphatic hydroxyl groups is 1. The molecule has 2 unspecified atom stereocenters. The molecule has 0 saturated carbocycles. The Morgan fingerprint density at radius 1 is 1.36 bits per heavy atom. The molecule has 6 atom stereocenters. The Kier molecular flexibility index (Phi) is 8.67. The summed E-state index contributed by atoms with van der Waals surface area (Å²) in [6.45, 7) is 12.5. The minimum absolute atomic E-state index is 0.0228. The monoisotopic (exact) mass is 478 g/mol. The highest BCUT2D eigenvalue weighted by Crippen LogP contribution is 2.67. The predicted octanol–water partition coefficient (Wildman–Crippen LogP) is 2.78. The van der Waals surface area contributed by atoms with Crippen LogP contribution >= 0.6 is 11.8 Å². The van der Waals surface area contributed by atoms with Crippen molar-refractivity contribution in [3.63, 3.8) is 0 Å². The highest BCUT2D eigenvalue weighted by molar-refractivity contribution is 8.02. The summed E-state index contributed by atoms with van der Waals surface area (Å²) in [5.41, 5.74) is 0. The fourth-order valence-electron chi connectivity index (χ4n) is 5.75. The third kappa shape index (κ3) is 4.48. The van der Waals surface area contributed by atoms with E-state index in [9.17, 15) is 19.5 Å². The Labute approximate surface area is 201 Å². The van der Waals surface area contributed by atoms with E-state index in [0.717, 1.165) is 19.3 Å². The van der Waals surface area contributed by atoms with E-state index in [0.29, 0.717) is 32.4 Å². The quantitative estimate of drug-likeness (QED) is 0.249. The fraction of sp³-hybridized carbons (Fsp3) is 0.720. The number of thioether (sulfide) groups is 1. The molecule has 0 aromatic rings. The summed E-state index contributed by atoms with van der Waals surface area (Å²) < 4.78 is 4.85. The Hall–Kier alpha value is -1.80. The molecule has 3 rings (SSSR count). The highest BCUT2D eigenvalue weighted by atomic mass is 32.2. The number of carbonyl (C=O) groups excluding carboxylic acids is 3. The van der Waals surface area contributed by atoms with Gasteiger partial charge in [-0.15, -0.1) is 24.9 Å². The summed E-state index contributed by atoms with van der Waals surface area (Å²) in [6, 6.07) is -1.15. The van der Waals surface area contributed by atoms with Gasteiger partial charge < -0.3 is 19.6 Å². The van der Waals surface area contributed by atoms with E-state index in [1.165, 1.54) is 0 Å². The van der Waals surface area contributed by atoms with Gasteiger partial charge in [0.05, 0.1) is 35.8 Å². The number of rotatable bonds is 13. The number of esters is 1. The van der Waals surface area contributed by atoms with Gasteiger partial charge in [0.25, 0.3) is 0 Å². The second kappa shape index (κ2) is 11.1. The normalized spacial score (nSPS) is 30.8. The Morgan fingerprint density at radius 2 is 2.12 bits per heavy atom. The number of ether oxygens (including phenoxy) is 1. The minimum atomic E-state index is -0.690. The number of carbonyl (C=O) groups is 3. The van der Waals surface area contributed by atoms with Gasteiger partial charge in [0.15, 0.2) is 0 Å². The zero-order valence-corrected chi connectivity index (χ0v) is 20.7. The van der Waals surface area contributed by atoms with Crippen LogP contribution in [0.15, 0.2) is 25.3 Å². The summed E-state index contributed by atoms with van der Waals surface area (Å²) in [5.74, 6) is -1.79. The van der Waals surface area contributed by atoms with Crippen molar-refractivity contribution in [2.24, 2.45) is 11.8 Å². The van der Waals surface area contributed by atoms with Crippen LogP contribution in [-0.2, 0) is 19.1 Å². The van der Waals surface area contributed by atoms with E-state index < -0.39 is 28.7 Å². The zero-order chi connectivity index (χ0) is 24.2. The first-order chi connectivity index (χ1) is 15.9. The Balaban J connectivity index is 1.99. The number of fused-ring (bicyclic) bond motifs is 1. The van der Waals surface area contributed by atoms with Gasteiger partial charge in [-0.25, -0.2) is 0 Å². The summed E-state index contributed by atoms with van der Waals surface area (Å²) in [4.78, 5) is 44.3. The number of likely N-dealkylation sites (tertiary alicyclic amines) is 1. The average molecular weight is 479 g/mol. The summed E-state index contributed by atoms with van der Waals surface area (Å²) in [6.07, 6.45) is 7.80. The lowest BCUT2D eigenvalue weighted by atomic mass is 9.71. The number of aliphatic hydroxyl groups excluding tert-OH is 1. The molecular formula is C25H38N2O5S. The second-order valence-corrected chi connectivity index (χ2v) is 10.8. The van der Waals surface area contributed by atoms with Crippen LogP contribution in [0.5, 0.6) is 0 Å². The largest absolute Gasteiger partial charge is 0.465 e. The first-order valence-electron chi connectivity index (χ1n) is 12.2. The second-order valence-electron chi connectivity index (χ2n) is 9.22. The van der Waals surface area contributed by atoms with Crippen molar-refractivity contribution in [1.29, 1.82) is 0 Å². The van der Waals surface area contributed by atoms with Gasteiger partial charge >= 0.3 is 5.97 Å². The van der Waals surface area contributed by atoms with Crippen molar-refractivity contribution in [2.75, 3.05) is 26.3 Å².